The van der Waals surface area contributed by atoms with Crippen molar-refractivity contribution < 1.29 is 48.3 Å². The summed E-state index contributed by atoms with van der Waals surface area (Å²) in [6.45, 7) is 9.19. The van der Waals surface area contributed by atoms with Crippen LogP contribution in [0.25, 0.3) is 6.08 Å². The number of hydrogen-bond acceptors (Lipinski definition) is 10. The smallest absolute Gasteiger partial charge is 0.338 e. The van der Waals surface area contributed by atoms with E-state index in [0.29, 0.717) is 30.4 Å². The van der Waals surface area contributed by atoms with E-state index < -0.39 is 72.1 Å². The third kappa shape index (κ3) is 15.1. The largest absolute Gasteiger partial charge is 0.508 e. The van der Waals surface area contributed by atoms with Crippen molar-refractivity contribution in [1.82, 2.24) is 10.2 Å². The molecule has 1 fully saturated rings. The summed E-state index contributed by atoms with van der Waals surface area (Å²) >= 11 is 0. The molecule has 1 saturated heterocycles. The number of rotatable bonds is 23. The van der Waals surface area contributed by atoms with Crippen LogP contribution in [-0.2, 0) is 46.2 Å². The van der Waals surface area contributed by atoms with Crippen LogP contribution < -0.4 is 5.32 Å². The lowest BCUT2D eigenvalue weighted by molar-refractivity contribution is -0.190. The summed E-state index contributed by atoms with van der Waals surface area (Å²) in [6, 6.07) is 21.8. The number of phenolic OH excluding ortho intramolecular Hbond substituents is 1. The van der Waals surface area contributed by atoms with E-state index in [1.807, 2.05) is 60.7 Å². The number of allylic oxidation sites excluding steroid dienone is 1. The number of likely N-dealkylation sites (N-methyl/N-ethyl adjacent to an activating group) is 1. The standard InChI is InChI=1S/C53H70N2O10/c1-7-9-16-30-53(31-17-10-8-2)63-46-35-41(34-45(48(46)65-53)62-51(61)40-26-19-23-37(32-40)22-18-25-39-24-14-15-27-44(39)57)50(60)55(6)43(33-38-20-12-11-13-21-38)49(59)54-42(36-56)28-29-47(58)64-52(3,4)5/h11-15,18-24,26-27,32,35,42-43,45-46,48,56-57H,7-10,16-17,25,28-31,33-34,36H2,1-6H3,(H,54,59). The Balaban J connectivity index is 1.41. The van der Waals surface area contributed by atoms with Gasteiger partial charge in [0.1, 0.15) is 35.7 Å². The van der Waals surface area contributed by atoms with Crippen molar-refractivity contribution in [2.45, 2.75) is 160 Å². The molecule has 5 rings (SSSR count). The van der Waals surface area contributed by atoms with Crippen molar-refractivity contribution in [2.24, 2.45) is 0 Å². The Morgan fingerprint density at radius 2 is 1.62 bits per heavy atom. The van der Waals surface area contributed by atoms with Crippen LogP contribution in [-0.4, -0.2) is 94.3 Å². The van der Waals surface area contributed by atoms with Crippen LogP contribution in [0.1, 0.15) is 132 Å². The first kappa shape index (κ1) is 50.7. The maximum Gasteiger partial charge on any atom is 0.338 e. The molecule has 3 aromatic carbocycles. The number of fused-ring (bicyclic) bond motifs is 1. The molecule has 0 saturated carbocycles. The fraction of sp³-hybridized carbons (Fsp3) is 0.509. The lowest BCUT2D eigenvalue weighted by Gasteiger charge is -2.34. The van der Waals surface area contributed by atoms with Crippen LogP contribution in [0.3, 0.4) is 0 Å². The number of phenols is 1. The number of carbonyl (C=O) groups excluding carboxylic acids is 4. The van der Waals surface area contributed by atoms with Gasteiger partial charge >= 0.3 is 11.9 Å². The van der Waals surface area contributed by atoms with E-state index in [-0.39, 0.29) is 31.4 Å². The molecule has 1 aliphatic carbocycles. The van der Waals surface area contributed by atoms with E-state index in [2.05, 4.69) is 19.2 Å². The molecule has 5 atom stereocenters. The highest BCUT2D eigenvalue weighted by Gasteiger charge is 2.53. The number of hydrogen-bond donors (Lipinski definition) is 3. The molecule has 1 aliphatic heterocycles. The highest BCUT2D eigenvalue weighted by Crippen LogP contribution is 2.43. The van der Waals surface area contributed by atoms with E-state index in [1.165, 1.54) is 4.90 Å². The Bertz CT molecular complexity index is 2080. The van der Waals surface area contributed by atoms with Gasteiger partial charge < -0.3 is 39.4 Å². The second kappa shape index (κ2) is 24.3. The average Bonchev–Trinajstić information content (AvgIpc) is 3.65. The van der Waals surface area contributed by atoms with Crippen LogP contribution in [0.15, 0.2) is 96.6 Å². The lowest BCUT2D eigenvalue weighted by atomic mass is 9.90. The first-order valence-electron chi connectivity index (χ1n) is 23.4. The summed E-state index contributed by atoms with van der Waals surface area (Å²) in [4.78, 5) is 57.0. The molecule has 2 aliphatic rings. The minimum Gasteiger partial charge on any atom is -0.508 e. The van der Waals surface area contributed by atoms with E-state index in [1.54, 1.807) is 64.2 Å². The van der Waals surface area contributed by atoms with Gasteiger partial charge in [-0.15, -0.1) is 0 Å². The number of nitrogens with one attached hydrogen (secondary N) is 1. The zero-order valence-corrected chi connectivity index (χ0v) is 39.1. The van der Waals surface area contributed by atoms with Gasteiger partial charge in [-0.3, -0.25) is 14.4 Å². The molecule has 2 amide bonds. The third-order valence-electron chi connectivity index (χ3n) is 11.8. The summed E-state index contributed by atoms with van der Waals surface area (Å²) < 4.78 is 25.5. The Labute approximate surface area is 385 Å². The molecular formula is C53H70N2O10. The van der Waals surface area contributed by atoms with Crippen LogP contribution in [0, 0.1) is 0 Å². The van der Waals surface area contributed by atoms with Crippen LogP contribution in [0.5, 0.6) is 5.75 Å². The SMILES string of the molecule is CCCCCC1(CCCCC)OC2C=C(C(=O)N(C)C(Cc3ccccc3)C(=O)NC(CO)CCC(=O)OC(C)(C)C)CC(OC(=O)c3cccc(C=CCc4ccccc4O)c3)C2O1. The Morgan fingerprint density at radius 1 is 0.923 bits per heavy atom. The zero-order valence-electron chi connectivity index (χ0n) is 39.1. The monoisotopic (exact) mass is 895 g/mol. The van der Waals surface area contributed by atoms with Gasteiger partial charge in [0, 0.05) is 44.7 Å². The van der Waals surface area contributed by atoms with Gasteiger partial charge in [0.15, 0.2) is 5.79 Å². The van der Waals surface area contributed by atoms with Crippen molar-refractivity contribution in [3.63, 3.8) is 0 Å². The molecule has 65 heavy (non-hydrogen) atoms. The minimum atomic E-state index is -1.01. The maximum absolute atomic E-state index is 14.8. The van der Waals surface area contributed by atoms with Crippen molar-refractivity contribution in [2.75, 3.05) is 13.7 Å². The second-order valence-corrected chi connectivity index (χ2v) is 18.3. The molecule has 12 nitrogen and oxygen atoms in total. The number of ether oxygens (including phenoxy) is 4. The number of para-hydroxylation sites is 1. The molecule has 3 N–H and O–H groups in total. The molecule has 0 radical (unpaired) electrons. The third-order valence-corrected chi connectivity index (χ3v) is 11.8. The van der Waals surface area contributed by atoms with Gasteiger partial charge in [-0.05, 0) is 87.4 Å². The molecule has 0 aromatic heterocycles. The first-order valence-corrected chi connectivity index (χ1v) is 23.4. The van der Waals surface area contributed by atoms with Crippen molar-refractivity contribution in [1.29, 1.82) is 0 Å². The molecule has 3 aromatic rings. The highest BCUT2D eigenvalue weighted by atomic mass is 16.8. The number of unbranched alkanes of at least 4 members (excludes halogenated alkanes) is 4. The number of carbonyl (C=O) groups is 4. The second-order valence-electron chi connectivity index (χ2n) is 18.3. The van der Waals surface area contributed by atoms with Crippen LogP contribution >= 0.6 is 0 Å². The Kier molecular flexibility index (Phi) is 18.9. The van der Waals surface area contributed by atoms with Crippen molar-refractivity contribution in [3.8, 4) is 5.75 Å². The Hall–Kier alpha value is -5.30. The Morgan fingerprint density at radius 3 is 2.28 bits per heavy atom. The molecule has 352 valence electrons. The van der Waals surface area contributed by atoms with Gasteiger partial charge in [0.25, 0.3) is 0 Å². The van der Waals surface area contributed by atoms with E-state index >= 15 is 0 Å². The summed E-state index contributed by atoms with van der Waals surface area (Å²) in [6.07, 6.45) is 11.3. The van der Waals surface area contributed by atoms with Gasteiger partial charge in [-0.2, -0.15) is 0 Å². The topological polar surface area (TPSA) is 161 Å². The molecular weight excluding hydrogens is 825 g/mol. The van der Waals surface area contributed by atoms with Crippen LogP contribution in [0.2, 0.25) is 0 Å². The number of benzene rings is 3. The van der Waals surface area contributed by atoms with E-state index in [4.69, 9.17) is 18.9 Å². The zero-order chi connectivity index (χ0) is 47.0. The summed E-state index contributed by atoms with van der Waals surface area (Å²) in [5.41, 5.74) is 2.35. The number of aliphatic hydroxyl groups excluding tert-OH is 1. The quantitative estimate of drug-likeness (QED) is 0.0620. The van der Waals surface area contributed by atoms with Gasteiger partial charge in [-0.25, -0.2) is 4.79 Å². The molecule has 0 spiro atoms. The van der Waals surface area contributed by atoms with Crippen LogP contribution in [0.4, 0.5) is 0 Å². The summed E-state index contributed by atoms with van der Waals surface area (Å²) in [7, 11) is 1.57. The number of aliphatic hydroxyl groups is 1. The molecule has 0 bridgehead atoms. The maximum atomic E-state index is 14.8. The van der Waals surface area contributed by atoms with E-state index in [0.717, 1.165) is 55.2 Å². The summed E-state index contributed by atoms with van der Waals surface area (Å²) in [5.74, 6) is -2.66. The highest BCUT2D eigenvalue weighted by molar-refractivity contribution is 5.97. The predicted octanol–water partition coefficient (Wildman–Crippen LogP) is 8.81. The van der Waals surface area contributed by atoms with Gasteiger partial charge in [-0.1, -0.05) is 112 Å². The molecule has 5 unspecified atom stereocenters. The lowest BCUT2D eigenvalue weighted by Crippen LogP contribution is -2.53. The molecule has 1 heterocycles. The normalized spacial score (nSPS) is 18.9. The predicted molar refractivity (Wildman–Crippen MR) is 251 cm³/mol. The first-order chi connectivity index (χ1) is 31.1. The number of esters is 2. The summed E-state index contributed by atoms with van der Waals surface area (Å²) in [5, 5.41) is 23.3. The van der Waals surface area contributed by atoms with Gasteiger partial charge in [0.2, 0.25) is 11.8 Å². The van der Waals surface area contributed by atoms with Crippen molar-refractivity contribution >= 4 is 29.8 Å². The molecule has 12 heteroatoms. The number of amides is 2. The van der Waals surface area contributed by atoms with E-state index in [9.17, 15) is 29.4 Å². The fourth-order valence-corrected chi connectivity index (χ4v) is 8.37. The van der Waals surface area contributed by atoms with Crippen molar-refractivity contribution in [3.05, 3.63) is 119 Å². The fourth-order valence-electron chi connectivity index (χ4n) is 8.37. The minimum absolute atomic E-state index is 0.0163. The number of nitrogens with zero attached hydrogens (tertiary/aromatic N) is 1. The average molecular weight is 895 g/mol. The van der Waals surface area contributed by atoms with Gasteiger partial charge in [0.05, 0.1) is 18.2 Å². The number of aromatic hydroxyl groups is 1.